The predicted molar refractivity (Wildman–Crippen MR) is 114 cm³/mol. The van der Waals surface area contributed by atoms with Crippen LogP contribution in [0, 0.1) is 18.3 Å². The van der Waals surface area contributed by atoms with Gasteiger partial charge in [0, 0.05) is 17.0 Å². The van der Waals surface area contributed by atoms with Crippen molar-refractivity contribution >= 4 is 29.3 Å². The van der Waals surface area contributed by atoms with E-state index in [1.807, 2.05) is 36.4 Å². The number of amides is 2. The summed E-state index contributed by atoms with van der Waals surface area (Å²) in [4.78, 5) is 31.8. The zero-order chi connectivity index (χ0) is 21.1. The lowest BCUT2D eigenvalue weighted by molar-refractivity contribution is -0.119. The molecule has 4 rings (SSSR count). The van der Waals surface area contributed by atoms with Gasteiger partial charge < -0.3 is 14.6 Å². The molecule has 0 aliphatic carbocycles. The average molecular weight is 418 g/mol. The summed E-state index contributed by atoms with van der Waals surface area (Å²) >= 11 is 1.51. The molecule has 1 aliphatic heterocycles. The molecule has 1 aliphatic rings. The number of nitriles is 1. The Labute approximate surface area is 177 Å². The van der Waals surface area contributed by atoms with Gasteiger partial charge in [-0.15, -0.1) is 11.8 Å². The predicted octanol–water partition coefficient (Wildman–Crippen LogP) is 3.68. The Balaban J connectivity index is 1.51. The average Bonchev–Trinajstić information content (AvgIpc) is 3.41. The van der Waals surface area contributed by atoms with Gasteiger partial charge in [-0.25, -0.2) is 4.98 Å². The number of hydrogen-bond acceptors (Lipinski definition) is 6. The summed E-state index contributed by atoms with van der Waals surface area (Å²) in [6, 6.07) is 17.4. The summed E-state index contributed by atoms with van der Waals surface area (Å²) in [6.45, 7) is 1.70. The van der Waals surface area contributed by atoms with Crippen molar-refractivity contribution in [2.75, 3.05) is 16.9 Å². The van der Waals surface area contributed by atoms with Crippen LogP contribution in [0.4, 0.5) is 5.69 Å². The second-order valence-electron chi connectivity index (χ2n) is 6.76. The van der Waals surface area contributed by atoms with Crippen molar-refractivity contribution in [3.63, 3.8) is 0 Å². The van der Waals surface area contributed by atoms with Crippen molar-refractivity contribution in [1.29, 1.82) is 5.26 Å². The van der Waals surface area contributed by atoms with Gasteiger partial charge in [0.2, 0.25) is 11.8 Å². The van der Waals surface area contributed by atoms with E-state index in [2.05, 4.69) is 10.3 Å². The minimum Gasteiger partial charge on any atom is -0.441 e. The summed E-state index contributed by atoms with van der Waals surface area (Å²) in [5, 5.41) is 11.7. The van der Waals surface area contributed by atoms with Gasteiger partial charge >= 0.3 is 0 Å². The molecule has 0 bridgehead atoms. The molecule has 1 fully saturated rings. The molecule has 0 saturated carbocycles. The van der Waals surface area contributed by atoms with Crippen molar-refractivity contribution in [3.8, 4) is 17.5 Å². The molecule has 1 atom stereocenters. The first-order valence-electron chi connectivity index (χ1n) is 9.29. The lowest BCUT2D eigenvalue weighted by Gasteiger charge is -2.22. The van der Waals surface area contributed by atoms with Gasteiger partial charge in [-0.05, 0) is 43.3 Å². The summed E-state index contributed by atoms with van der Waals surface area (Å²) in [5.41, 5.74) is 2.09. The number of nitrogens with zero attached hydrogens (tertiary/aromatic N) is 3. The van der Waals surface area contributed by atoms with Crippen molar-refractivity contribution in [2.45, 2.75) is 13.0 Å². The maximum Gasteiger partial charge on any atom is 0.277 e. The number of anilines is 1. The summed E-state index contributed by atoms with van der Waals surface area (Å²) in [5.74, 6) is 1.09. The monoisotopic (exact) mass is 418 g/mol. The Morgan fingerprint density at radius 3 is 2.63 bits per heavy atom. The first-order valence-corrected chi connectivity index (χ1v) is 10.4. The zero-order valence-electron chi connectivity index (χ0n) is 16.2. The zero-order valence-corrected chi connectivity index (χ0v) is 17.0. The highest BCUT2D eigenvalue weighted by molar-refractivity contribution is 7.99. The number of hydrogen-bond donors (Lipinski definition) is 1. The van der Waals surface area contributed by atoms with Gasteiger partial charge in [0.25, 0.3) is 5.91 Å². The Morgan fingerprint density at radius 1 is 1.20 bits per heavy atom. The normalized spacial score (nSPS) is 15.6. The van der Waals surface area contributed by atoms with E-state index in [4.69, 9.17) is 9.68 Å². The minimum atomic E-state index is -0.616. The molecular formula is C22H18N4O3S. The van der Waals surface area contributed by atoms with Crippen LogP contribution < -0.4 is 5.32 Å². The third-order valence-corrected chi connectivity index (χ3v) is 5.76. The molecule has 1 unspecified atom stereocenters. The minimum absolute atomic E-state index is 0.215. The van der Waals surface area contributed by atoms with Crippen molar-refractivity contribution in [2.24, 2.45) is 0 Å². The first kappa shape index (κ1) is 19.7. The molecule has 0 spiro atoms. The fourth-order valence-electron chi connectivity index (χ4n) is 3.15. The third kappa shape index (κ3) is 3.93. The van der Waals surface area contributed by atoms with E-state index in [0.29, 0.717) is 34.5 Å². The van der Waals surface area contributed by atoms with Crippen LogP contribution in [0.5, 0.6) is 0 Å². The molecule has 7 nitrogen and oxygen atoms in total. The Morgan fingerprint density at radius 2 is 1.93 bits per heavy atom. The van der Waals surface area contributed by atoms with Gasteiger partial charge in [0.15, 0.2) is 5.69 Å². The van der Waals surface area contributed by atoms with Crippen LogP contribution in [0.15, 0.2) is 59.0 Å². The second kappa shape index (κ2) is 8.43. The number of carbonyl (C=O) groups is 2. The maximum atomic E-state index is 13.1. The van der Waals surface area contributed by atoms with Crippen LogP contribution in [0.3, 0.4) is 0 Å². The smallest absolute Gasteiger partial charge is 0.277 e. The summed E-state index contributed by atoms with van der Waals surface area (Å²) in [7, 11) is 0. The number of aryl methyl sites for hydroxylation is 1. The fourth-order valence-corrected chi connectivity index (χ4v) is 4.30. The number of rotatable bonds is 4. The highest BCUT2D eigenvalue weighted by Crippen LogP contribution is 2.27. The quantitative estimate of drug-likeness (QED) is 0.694. The number of benzene rings is 2. The van der Waals surface area contributed by atoms with Crippen LogP contribution in [-0.2, 0) is 4.79 Å². The molecule has 2 amide bonds. The van der Waals surface area contributed by atoms with Gasteiger partial charge in [0.1, 0.15) is 11.8 Å². The van der Waals surface area contributed by atoms with Gasteiger partial charge in [0.05, 0.1) is 17.5 Å². The van der Waals surface area contributed by atoms with Gasteiger partial charge in [-0.3, -0.25) is 9.59 Å². The molecule has 1 N–H and O–H groups in total. The topological polar surface area (TPSA) is 99.2 Å². The van der Waals surface area contributed by atoms with E-state index in [-0.39, 0.29) is 17.5 Å². The Hall–Kier alpha value is -3.57. The summed E-state index contributed by atoms with van der Waals surface area (Å²) in [6.07, 6.45) is 0. The Kier molecular flexibility index (Phi) is 5.55. The van der Waals surface area contributed by atoms with Crippen molar-refractivity contribution in [1.82, 2.24) is 9.88 Å². The SMILES string of the molecule is Cc1oc(-c2ccccc2)nc1C(=O)N1CSCC1C(=O)Nc1ccc(C#N)cc1. The van der Waals surface area contributed by atoms with Gasteiger partial charge in [-0.2, -0.15) is 5.26 Å². The third-order valence-electron chi connectivity index (χ3n) is 4.75. The van der Waals surface area contributed by atoms with E-state index < -0.39 is 6.04 Å². The number of oxazole rings is 1. The maximum absolute atomic E-state index is 13.1. The fraction of sp³-hybridized carbons (Fsp3) is 0.182. The first-order chi connectivity index (χ1) is 14.6. The van der Waals surface area contributed by atoms with Gasteiger partial charge in [-0.1, -0.05) is 18.2 Å². The molecule has 1 saturated heterocycles. The van der Waals surface area contributed by atoms with Crippen molar-refractivity contribution < 1.29 is 14.0 Å². The van der Waals surface area contributed by atoms with E-state index in [0.717, 1.165) is 5.56 Å². The molecule has 30 heavy (non-hydrogen) atoms. The van der Waals surface area contributed by atoms with Crippen LogP contribution in [0.25, 0.3) is 11.5 Å². The van der Waals surface area contributed by atoms with Crippen LogP contribution in [0.1, 0.15) is 21.8 Å². The molecule has 0 radical (unpaired) electrons. The molecule has 1 aromatic heterocycles. The van der Waals surface area contributed by atoms with E-state index >= 15 is 0 Å². The summed E-state index contributed by atoms with van der Waals surface area (Å²) < 4.78 is 5.70. The lowest BCUT2D eigenvalue weighted by atomic mass is 10.2. The molecule has 2 heterocycles. The Bertz CT molecular complexity index is 1120. The molecular weight excluding hydrogens is 400 g/mol. The molecule has 2 aromatic carbocycles. The number of aromatic nitrogens is 1. The number of carbonyl (C=O) groups excluding carboxylic acids is 2. The largest absolute Gasteiger partial charge is 0.441 e. The van der Waals surface area contributed by atoms with Crippen LogP contribution in [-0.4, -0.2) is 39.4 Å². The number of thioether (sulfide) groups is 1. The highest BCUT2D eigenvalue weighted by Gasteiger charge is 2.37. The van der Waals surface area contributed by atoms with Crippen molar-refractivity contribution in [3.05, 3.63) is 71.6 Å². The van der Waals surface area contributed by atoms with E-state index in [1.54, 1.807) is 31.2 Å². The second-order valence-corrected chi connectivity index (χ2v) is 7.76. The van der Waals surface area contributed by atoms with Crippen LogP contribution >= 0.6 is 11.8 Å². The lowest BCUT2D eigenvalue weighted by Crippen LogP contribution is -2.44. The van der Waals surface area contributed by atoms with E-state index in [9.17, 15) is 9.59 Å². The van der Waals surface area contributed by atoms with E-state index in [1.165, 1.54) is 16.7 Å². The van der Waals surface area contributed by atoms with Crippen LogP contribution in [0.2, 0.25) is 0 Å². The molecule has 8 heteroatoms. The number of nitrogens with one attached hydrogen (secondary N) is 1. The molecule has 150 valence electrons. The standard InChI is InChI=1S/C22H18N4O3S/c1-14-19(25-21(29-14)16-5-3-2-4-6-16)22(28)26-13-30-12-18(26)20(27)24-17-9-7-15(11-23)8-10-17/h2-10,18H,12-13H2,1H3,(H,24,27). The highest BCUT2D eigenvalue weighted by atomic mass is 32.2. The molecule has 3 aromatic rings.